The highest BCUT2D eigenvalue weighted by molar-refractivity contribution is 7.59. The van der Waals surface area contributed by atoms with E-state index in [2.05, 4.69) is 27.7 Å². The molecule has 2 unspecified atom stereocenters. The van der Waals surface area contributed by atoms with Crippen molar-refractivity contribution in [2.45, 2.75) is 245 Å². The third kappa shape index (κ3) is 32.9. The summed E-state index contributed by atoms with van der Waals surface area (Å²) < 4.78 is 24.7. The average Bonchev–Trinajstić information content (AvgIpc) is 3.03. The molecular weight excluding hydrogens is 606 g/mol. The maximum absolute atomic E-state index is 12.5. The van der Waals surface area contributed by atoms with E-state index in [1.165, 1.54) is 141 Å². The van der Waals surface area contributed by atoms with Crippen molar-refractivity contribution in [2.75, 3.05) is 12.3 Å². The van der Waals surface area contributed by atoms with E-state index in [1.54, 1.807) is 0 Å². The van der Waals surface area contributed by atoms with Crippen LogP contribution < -0.4 is 0 Å². The molecule has 0 aliphatic carbocycles. The van der Waals surface area contributed by atoms with Crippen molar-refractivity contribution in [3.63, 3.8) is 0 Å². The van der Waals surface area contributed by atoms with E-state index in [4.69, 9.17) is 0 Å². The third-order valence-electron chi connectivity index (χ3n) is 9.94. The van der Waals surface area contributed by atoms with Gasteiger partial charge in [-0.05, 0) is 25.7 Å². The van der Waals surface area contributed by atoms with Crippen molar-refractivity contribution in [2.24, 2.45) is 0 Å². The van der Waals surface area contributed by atoms with Gasteiger partial charge in [-0.15, -0.1) is 0 Å². The molecule has 0 aliphatic rings. The van der Waals surface area contributed by atoms with Gasteiger partial charge in [0.1, 0.15) is 0 Å². The monoisotopic (exact) mass is 693 g/mol. The maximum Gasteiger partial charge on any atom is 0.206 e. The van der Waals surface area contributed by atoms with Crippen LogP contribution in [0.2, 0.25) is 0 Å². The van der Waals surface area contributed by atoms with Crippen molar-refractivity contribution >= 4 is 14.7 Å². The van der Waals surface area contributed by atoms with Gasteiger partial charge in [-0.2, -0.15) is 0 Å². The molecule has 0 bridgehead atoms. The standard InChI is InChI=1S/C24H51O2P.C16H35O2P/c1-3-5-7-9-11-13-15-17-19-21-23-27(25,26)24-22-20-18-16-14-12-10-8-6-4-2;1-5-7-9-11-13-15(3)19(17,18)16(4)14-12-10-8-6-2/h3-24H2,1-2H3,(H,25,26);15-16H,5-14H2,1-4H3,(H,17,18). The molecule has 2 N–H and O–H groups in total. The molecule has 0 amide bonds. The Bertz CT molecular complexity index is 649. The van der Waals surface area contributed by atoms with E-state index in [0.717, 1.165) is 51.4 Å². The Labute approximate surface area is 290 Å². The van der Waals surface area contributed by atoms with E-state index in [9.17, 15) is 18.9 Å². The van der Waals surface area contributed by atoms with Crippen molar-refractivity contribution in [1.29, 1.82) is 0 Å². The van der Waals surface area contributed by atoms with E-state index >= 15 is 0 Å². The molecule has 6 heteroatoms. The topological polar surface area (TPSA) is 74.6 Å². The Kier molecular flexibility index (Phi) is 37.1. The number of hydrogen-bond donors (Lipinski definition) is 2. The van der Waals surface area contributed by atoms with Crippen LogP contribution in [-0.4, -0.2) is 33.4 Å². The second-order valence-electron chi connectivity index (χ2n) is 14.7. The third-order valence-corrected chi connectivity index (χ3v) is 15.0. The fraction of sp³-hybridized carbons (Fsp3) is 1.00. The first kappa shape index (κ1) is 48.5. The van der Waals surface area contributed by atoms with Crippen LogP contribution in [0.25, 0.3) is 0 Å². The zero-order valence-electron chi connectivity index (χ0n) is 32.4. The largest absolute Gasteiger partial charge is 0.344 e. The molecule has 0 saturated carbocycles. The second-order valence-corrected chi connectivity index (χ2v) is 20.4. The van der Waals surface area contributed by atoms with Crippen LogP contribution >= 0.6 is 14.7 Å². The minimum atomic E-state index is -2.97. The van der Waals surface area contributed by atoms with Crippen molar-refractivity contribution in [1.82, 2.24) is 0 Å². The SMILES string of the molecule is CCCCCCC(C)P(=O)(O)C(C)CCCCCC.CCCCCCCCCCCCP(=O)(O)CCCCCCCCCCCC. The van der Waals surface area contributed by atoms with Crippen LogP contribution in [0, 0.1) is 0 Å². The predicted octanol–water partition coefficient (Wildman–Crippen LogP) is 15.1. The van der Waals surface area contributed by atoms with E-state index in [-0.39, 0.29) is 11.3 Å². The normalized spacial score (nSPS) is 14.4. The average molecular weight is 693 g/mol. The quantitative estimate of drug-likeness (QED) is 0.0520. The lowest BCUT2D eigenvalue weighted by atomic mass is 10.1. The van der Waals surface area contributed by atoms with Gasteiger partial charge in [0, 0.05) is 23.6 Å². The molecule has 0 rings (SSSR count). The van der Waals surface area contributed by atoms with Crippen LogP contribution in [0.3, 0.4) is 0 Å². The molecule has 0 aromatic heterocycles. The van der Waals surface area contributed by atoms with Crippen molar-refractivity contribution in [3.8, 4) is 0 Å². The molecule has 0 heterocycles. The molecule has 0 aromatic carbocycles. The summed E-state index contributed by atoms with van der Waals surface area (Å²) >= 11 is 0. The van der Waals surface area contributed by atoms with Gasteiger partial charge in [-0.25, -0.2) is 0 Å². The Hall–Kier alpha value is 0.380. The highest BCUT2D eigenvalue weighted by Crippen LogP contribution is 2.54. The van der Waals surface area contributed by atoms with Gasteiger partial charge < -0.3 is 9.79 Å². The highest BCUT2D eigenvalue weighted by Gasteiger charge is 2.32. The summed E-state index contributed by atoms with van der Waals surface area (Å²) in [4.78, 5) is 20.4. The molecule has 0 saturated heterocycles. The van der Waals surface area contributed by atoms with Gasteiger partial charge >= 0.3 is 0 Å². The van der Waals surface area contributed by atoms with E-state index in [0.29, 0.717) is 12.3 Å². The van der Waals surface area contributed by atoms with Gasteiger partial charge in [0.2, 0.25) is 14.7 Å². The molecule has 0 fully saturated rings. The van der Waals surface area contributed by atoms with Crippen LogP contribution in [-0.2, 0) is 9.13 Å². The summed E-state index contributed by atoms with van der Waals surface area (Å²) in [5.74, 6) is 0. The predicted molar refractivity (Wildman–Crippen MR) is 210 cm³/mol. The molecule has 0 radical (unpaired) electrons. The van der Waals surface area contributed by atoms with Crippen molar-refractivity contribution < 1.29 is 18.9 Å². The minimum absolute atomic E-state index is 0.0227. The Morgan fingerprint density at radius 2 is 0.587 bits per heavy atom. The summed E-state index contributed by atoms with van der Waals surface area (Å²) in [5.41, 5.74) is -0.0453. The zero-order chi connectivity index (χ0) is 34.8. The summed E-state index contributed by atoms with van der Waals surface area (Å²) in [6.07, 6.45) is 38.1. The molecule has 0 spiro atoms. The zero-order valence-corrected chi connectivity index (χ0v) is 34.2. The van der Waals surface area contributed by atoms with Crippen molar-refractivity contribution in [3.05, 3.63) is 0 Å². The Balaban J connectivity index is 0. The lowest BCUT2D eigenvalue weighted by molar-refractivity contribution is 0.438. The van der Waals surface area contributed by atoms with Gasteiger partial charge in [0.15, 0.2) is 0 Å². The smallest absolute Gasteiger partial charge is 0.206 e. The molecular formula is C40H86O4P2. The first-order valence-corrected chi connectivity index (χ1v) is 24.5. The summed E-state index contributed by atoms with van der Waals surface area (Å²) in [7, 11) is -5.81. The molecule has 4 nitrogen and oxygen atoms in total. The summed E-state index contributed by atoms with van der Waals surface area (Å²) in [5, 5.41) is 0. The van der Waals surface area contributed by atoms with Gasteiger partial charge in [-0.3, -0.25) is 9.13 Å². The minimum Gasteiger partial charge on any atom is -0.344 e. The van der Waals surface area contributed by atoms with Gasteiger partial charge in [-0.1, -0.05) is 208 Å². The lowest BCUT2D eigenvalue weighted by Gasteiger charge is -2.25. The van der Waals surface area contributed by atoms with Gasteiger partial charge in [0.25, 0.3) is 0 Å². The fourth-order valence-corrected chi connectivity index (χ4v) is 9.97. The molecule has 280 valence electrons. The Morgan fingerprint density at radius 3 is 0.848 bits per heavy atom. The Morgan fingerprint density at radius 1 is 0.370 bits per heavy atom. The first-order chi connectivity index (χ1) is 22.1. The molecule has 2 atom stereocenters. The highest BCUT2D eigenvalue weighted by atomic mass is 31.2. The van der Waals surface area contributed by atoms with E-state index in [1.807, 2.05) is 13.8 Å². The van der Waals surface area contributed by atoms with E-state index < -0.39 is 14.7 Å². The lowest BCUT2D eigenvalue weighted by Crippen LogP contribution is -2.14. The number of unbranched alkanes of at least 4 members (excludes halogenated alkanes) is 24. The maximum atomic E-state index is 12.5. The van der Waals surface area contributed by atoms with Crippen LogP contribution in [0.1, 0.15) is 234 Å². The van der Waals surface area contributed by atoms with Crippen LogP contribution in [0.5, 0.6) is 0 Å². The number of rotatable bonds is 34. The first-order valence-electron chi connectivity index (χ1n) is 20.7. The summed E-state index contributed by atoms with van der Waals surface area (Å²) in [6, 6.07) is 0. The van der Waals surface area contributed by atoms with Crippen LogP contribution in [0.15, 0.2) is 0 Å². The molecule has 0 aromatic rings. The molecule has 0 aliphatic heterocycles. The fourth-order valence-electron chi connectivity index (χ4n) is 6.34. The molecule has 46 heavy (non-hydrogen) atoms. The second kappa shape index (κ2) is 35.2. The van der Waals surface area contributed by atoms with Crippen LogP contribution in [0.4, 0.5) is 0 Å². The number of hydrogen-bond acceptors (Lipinski definition) is 2. The summed E-state index contributed by atoms with van der Waals surface area (Å²) in [6.45, 7) is 12.8. The van der Waals surface area contributed by atoms with Gasteiger partial charge in [0.05, 0.1) is 0 Å².